The second-order valence-corrected chi connectivity index (χ2v) is 7.64. The lowest BCUT2D eigenvalue weighted by Crippen LogP contribution is -2.17. The number of ether oxygens (including phenoxy) is 4. The van der Waals surface area contributed by atoms with Gasteiger partial charge in [0.2, 0.25) is 11.6 Å². The Morgan fingerprint density at radius 1 is 1.20 bits per heavy atom. The van der Waals surface area contributed by atoms with Crippen LogP contribution in [0.25, 0.3) is 22.9 Å². The zero-order chi connectivity index (χ0) is 24.2. The lowest BCUT2D eigenvalue weighted by atomic mass is 10.2. The Morgan fingerprint density at radius 2 is 2.06 bits per heavy atom. The molecule has 0 aliphatic carbocycles. The number of aromatic amines is 1. The number of nitrogens with zero attached hydrogens (tertiary/aromatic N) is 4. The summed E-state index contributed by atoms with van der Waals surface area (Å²) in [4.78, 5) is 27.0. The fraction of sp³-hybridized carbons (Fsp3) is 0.261. The van der Waals surface area contributed by atoms with E-state index in [-0.39, 0.29) is 41.8 Å². The molecule has 5 rings (SSSR count). The van der Waals surface area contributed by atoms with Gasteiger partial charge in [0.15, 0.2) is 23.1 Å². The zero-order valence-electron chi connectivity index (χ0n) is 18.8. The van der Waals surface area contributed by atoms with Crippen molar-refractivity contribution in [2.24, 2.45) is 0 Å². The summed E-state index contributed by atoms with van der Waals surface area (Å²) in [5.41, 5.74) is 7.25. The van der Waals surface area contributed by atoms with E-state index in [0.717, 1.165) is 12.8 Å². The van der Waals surface area contributed by atoms with Crippen molar-refractivity contribution in [2.45, 2.75) is 18.9 Å². The van der Waals surface area contributed by atoms with E-state index < -0.39 is 5.76 Å². The van der Waals surface area contributed by atoms with E-state index in [4.69, 9.17) is 24.7 Å². The van der Waals surface area contributed by atoms with Gasteiger partial charge in [0, 0.05) is 18.4 Å². The first-order valence-electron chi connectivity index (χ1n) is 10.9. The second-order valence-electron chi connectivity index (χ2n) is 7.64. The first-order chi connectivity index (χ1) is 17.1. The number of nitrogen functional groups attached to an aromatic ring is 1. The molecule has 35 heavy (non-hydrogen) atoms. The SMILES string of the molecule is COc1ccccc1Oc1c(N)nc(-c2ccnc(-c3noc(=O)[nH]3)c2)nc1OCC1CCCO1. The van der Waals surface area contributed by atoms with Crippen LogP contribution in [0.1, 0.15) is 12.8 Å². The molecule has 1 fully saturated rings. The number of rotatable bonds is 8. The molecule has 12 nitrogen and oxygen atoms in total. The van der Waals surface area contributed by atoms with Crippen molar-refractivity contribution in [3.8, 4) is 46.0 Å². The highest BCUT2D eigenvalue weighted by Crippen LogP contribution is 2.40. The van der Waals surface area contributed by atoms with Gasteiger partial charge in [0.1, 0.15) is 12.3 Å². The average molecular weight is 478 g/mol. The Balaban J connectivity index is 1.52. The molecule has 180 valence electrons. The Morgan fingerprint density at radius 3 is 2.80 bits per heavy atom. The number of hydrogen-bond donors (Lipinski definition) is 2. The van der Waals surface area contributed by atoms with E-state index in [1.54, 1.807) is 31.4 Å². The van der Waals surface area contributed by atoms with Crippen LogP contribution in [0, 0.1) is 0 Å². The van der Waals surface area contributed by atoms with Crippen LogP contribution in [-0.4, -0.2) is 51.5 Å². The van der Waals surface area contributed by atoms with Crippen LogP contribution in [0.2, 0.25) is 0 Å². The van der Waals surface area contributed by atoms with E-state index in [9.17, 15) is 4.79 Å². The van der Waals surface area contributed by atoms with E-state index in [0.29, 0.717) is 29.4 Å². The topological polar surface area (TPSA) is 160 Å². The van der Waals surface area contributed by atoms with Gasteiger partial charge in [-0.25, -0.2) is 9.78 Å². The summed E-state index contributed by atoms with van der Waals surface area (Å²) >= 11 is 0. The van der Waals surface area contributed by atoms with Crippen molar-refractivity contribution in [3.63, 3.8) is 0 Å². The number of benzene rings is 1. The summed E-state index contributed by atoms with van der Waals surface area (Å²) in [7, 11) is 1.54. The van der Waals surface area contributed by atoms with E-state index in [1.807, 2.05) is 12.1 Å². The molecule has 4 heterocycles. The van der Waals surface area contributed by atoms with Crippen molar-refractivity contribution in [1.82, 2.24) is 25.1 Å². The summed E-state index contributed by atoms with van der Waals surface area (Å²) in [6.45, 7) is 0.972. The number of para-hydroxylation sites is 2. The molecule has 1 aromatic carbocycles. The van der Waals surface area contributed by atoms with Crippen molar-refractivity contribution < 1.29 is 23.5 Å². The molecule has 1 saturated heterocycles. The van der Waals surface area contributed by atoms with Gasteiger partial charge in [-0.3, -0.25) is 14.5 Å². The Labute approximate surface area is 199 Å². The molecule has 1 aliphatic rings. The minimum absolute atomic E-state index is 0.0507. The first-order valence-corrected chi connectivity index (χ1v) is 10.9. The van der Waals surface area contributed by atoms with Crippen molar-refractivity contribution >= 4 is 5.82 Å². The van der Waals surface area contributed by atoms with Gasteiger partial charge in [0.25, 0.3) is 5.88 Å². The molecular weight excluding hydrogens is 456 g/mol. The molecule has 0 saturated carbocycles. The highest BCUT2D eigenvalue weighted by Gasteiger charge is 2.22. The third kappa shape index (κ3) is 4.92. The lowest BCUT2D eigenvalue weighted by molar-refractivity contribution is 0.0654. The minimum Gasteiger partial charge on any atom is -0.493 e. The predicted octanol–water partition coefficient (Wildman–Crippen LogP) is 2.82. The minimum atomic E-state index is -0.685. The summed E-state index contributed by atoms with van der Waals surface area (Å²) < 4.78 is 27.7. The summed E-state index contributed by atoms with van der Waals surface area (Å²) in [6, 6.07) is 10.5. The molecule has 0 spiro atoms. The normalized spacial score (nSPS) is 15.2. The summed E-state index contributed by atoms with van der Waals surface area (Å²) in [5, 5.41) is 3.67. The molecule has 1 unspecified atom stereocenters. The molecular formula is C23H22N6O6. The van der Waals surface area contributed by atoms with E-state index >= 15 is 0 Å². The first kappa shape index (κ1) is 22.3. The lowest BCUT2D eigenvalue weighted by Gasteiger charge is -2.17. The molecule has 1 aliphatic heterocycles. The Hall–Kier alpha value is -4.45. The average Bonchev–Trinajstić information content (AvgIpc) is 3.56. The van der Waals surface area contributed by atoms with Crippen LogP contribution in [-0.2, 0) is 4.74 Å². The second kappa shape index (κ2) is 9.81. The standard InChI is InChI=1S/C23H22N6O6/c1-31-16-6-2-3-7-17(16)34-18-19(24)26-20(27-22(18)33-12-14-5-4-10-32-14)13-8-9-25-15(11-13)21-28-23(30)35-29-21/h2-3,6-9,11,14H,4-5,10,12H2,1H3,(H2,24,26,27)(H,28,29,30). The molecule has 0 bridgehead atoms. The number of aromatic nitrogens is 5. The Bertz CT molecular complexity index is 1380. The number of hydrogen-bond acceptors (Lipinski definition) is 11. The smallest absolute Gasteiger partial charge is 0.439 e. The van der Waals surface area contributed by atoms with Gasteiger partial charge in [-0.1, -0.05) is 17.3 Å². The number of anilines is 1. The van der Waals surface area contributed by atoms with Crippen LogP contribution in [0.4, 0.5) is 5.82 Å². The van der Waals surface area contributed by atoms with Crippen molar-refractivity contribution in [3.05, 3.63) is 53.1 Å². The number of nitrogens with one attached hydrogen (secondary N) is 1. The molecule has 1 atom stereocenters. The van der Waals surface area contributed by atoms with Gasteiger partial charge in [0.05, 0.1) is 13.2 Å². The summed E-state index contributed by atoms with van der Waals surface area (Å²) in [6.07, 6.45) is 3.34. The third-order valence-electron chi connectivity index (χ3n) is 5.27. The quantitative estimate of drug-likeness (QED) is 0.383. The van der Waals surface area contributed by atoms with Crippen molar-refractivity contribution in [2.75, 3.05) is 26.1 Å². The highest BCUT2D eigenvalue weighted by atomic mass is 16.6. The van der Waals surface area contributed by atoms with Gasteiger partial charge in [-0.05, 0) is 37.1 Å². The maximum Gasteiger partial charge on any atom is 0.439 e. The maximum atomic E-state index is 11.3. The number of H-pyrrole nitrogens is 1. The fourth-order valence-electron chi connectivity index (χ4n) is 3.57. The van der Waals surface area contributed by atoms with Gasteiger partial charge < -0.3 is 24.7 Å². The van der Waals surface area contributed by atoms with Gasteiger partial charge >= 0.3 is 5.76 Å². The van der Waals surface area contributed by atoms with Crippen molar-refractivity contribution in [1.29, 1.82) is 0 Å². The van der Waals surface area contributed by atoms with Gasteiger partial charge in [-0.2, -0.15) is 4.98 Å². The molecule has 12 heteroatoms. The van der Waals surface area contributed by atoms with Crippen LogP contribution < -0.4 is 25.7 Å². The number of methoxy groups -OCH3 is 1. The monoisotopic (exact) mass is 478 g/mol. The van der Waals surface area contributed by atoms with Crippen LogP contribution in [0.3, 0.4) is 0 Å². The predicted molar refractivity (Wildman–Crippen MR) is 123 cm³/mol. The van der Waals surface area contributed by atoms with E-state index in [2.05, 4.69) is 29.6 Å². The van der Waals surface area contributed by atoms with Gasteiger partial charge in [-0.15, -0.1) is 0 Å². The van der Waals surface area contributed by atoms with Crippen LogP contribution >= 0.6 is 0 Å². The zero-order valence-corrected chi connectivity index (χ0v) is 18.8. The molecule has 0 amide bonds. The third-order valence-corrected chi connectivity index (χ3v) is 5.27. The Kier molecular flexibility index (Phi) is 6.26. The largest absolute Gasteiger partial charge is 0.493 e. The van der Waals surface area contributed by atoms with E-state index in [1.165, 1.54) is 6.20 Å². The van der Waals surface area contributed by atoms with Crippen LogP contribution in [0.15, 0.2) is 51.9 Å². The molecule has 4 aromatic rings. The molecule has 0 radical (unpaired) electrons. The summed E-state index contributed by atoms with van der Waals surface area (Å²) in [5.74, 6) is 1.09. The highest BCUT2D eigenvalue weighted by molar-refractivity contribution is 5.66. The fourth-order valence-corrected chi connectivity index (χ4v) is 3.57. The maximum absolute atomic E-state index is 11.3. The molecule has 3 aromatic heterocycles. The molecule has 3 N–H and O–H groups in total. The number of nitrogens with two attached hydrogens (primary N) is 1. The van der Waals surface area contributed by atoms with Crippen LogP contribution in [0.5, 0.6) is 23.1 Å². The number of pyridine rings is 1.